The van der Waals surface area contributed by atoms with E-state index in [0.717, 1.165) is 24.1 Å². The van der Waals surface area contributed by atoms with Crippen molar-refractivity contribution < 1.29 is 13.5 Å². The highest BCUT2D eigenvalue weighted by atomic mass is 19.3. The molecular formula is C10H15F2N3O. The first kappa shape index (κ1) is 11.5. The minimum atomic E-state index is -2.57. The maximum absolute atomic E-state index is 12.4. The normalized spacial score (nSPS) is 20.8. The van der Waals surface area contributed by atoms with Gasteiger partial charge in [-0.05, 0) is 18.9 Å². The Kier molecular flexibility index (Phi) is 3.84. The summed E-state index contributed by atoms with van der Waals surface area (Å²) >= 11 is 0. The second kappa shape index (κ2) is 5.36. The molecular weight excluding hydrogens is 216 g/mol. The number of halogens is 2. The van der Waals surface area contributed by atoms with E-state index in [2.05, 4.69) is 10.4 Å². The Labute approximate surface area is 92.6 Å². The number of nitrogens with zero attached hydrogens (tertiary/aromatic N) is 2. The SMILES string of the molecule is FC(F)n1nccc1CNC[C@H]1CCCO1. The van der Waals surface area contributed by atoms with Gasteiger partial charge in [0.25, 0.3) is 0 Å². The van der Waals surface area contributed by atoms with Crippen molar-refractivity contribution in [3.63, 3.8) is 0 Å². The summed E-state index contributed by atoms with van der Waals surface area (Å²) < 4.78 is 31.0. The summed E-state index contributed by atoms with van der Waals surface area (Å²) in [5.74, 6) is 0. The number of ether oxygens (including phenoxy) is 1. The fourth-order valence-electron chi connectivity index (χ4n) is 1.82. The van der Waals surface area contributed by atoms with Crippen molar-refractivity contribution in [2.24, 2.45) is 0 Å². The second-order valence-corrected chi connectivity index (χ2v) is 3.81. The summed E-state index contributed by atoms with van der Waals surface area (Å²) in [6.45, 7) is -0.672. The molecule has 1 N–H and O–H groups in total. The van der Waals surface area contributed by atoms with E-state index in [0.29, 0.717) is 18.8 Å². The monoisotopic (exact) mass is 231 g/mol. The van der Waals surface area contributed by atoms with Gasteiger partial charge in [-0.15, -0.1) is 0 Å². The molecule has 0 bridgehead atoms. The summed E-state index contributed by atoms with van der Waals surface area (Å²) in [5, 5.41) is 6.67. The van der Waals surface area contributed by atoms with Gasteiger partial charge in [0.2, 0.25) is 0 Å². The Bertz CT molecular complexity index is 324. The standard InChI is InChI=1S/C10H15F2N3O/c11-10(12)15-8(3-4-14-15)6-13-7-9-2-1-5-16-9/h3-4,9-10,13H,1-2,5-7H2/t9-/m1/s1. The summed E-state index contributed by atoms with van der Waals surface area (Å²) in [5.41, 5.74) is 0.494. The third kappa shape index (κ3) is 2.76. The van der Waals surface area contributed by atoms with E-state index in [1.165, 1.54) is 6.20 Å². The smallest absolute Gasteiger partial charge is 0.333 e. The third-order valence-electron chi connectivity index (χ3n) is 2.64. The van der Waals surface area contributed by atoms with Gasteiger partial charge in [-0.1, -0.05) is 0 Å². The zero-order valence-electron chi connectivity index (χ0n) is 8.90. The third-order valence-corrected chi connectivity index (χ3v) is 2.64. The first-order valence-electron chi connectivity index (χ1n) is 5.40. The van der Waals surface area contributed by atoms with Crippen LogP contribution in [0.15, 0.2) is 12.3 Å². The van der Waals surface area contributed by atoms with Crippen LogP contribution in [0, 0.1) is 0 Å². The van der Waals surface area contributed by atoms with Crippen molar-refractivity contribution in [2.45, 2.75) is 32.0 Å². The Hall–Kier alpha value is -1.01. The van der Waals surface area contributed by atoms with Crippen LogP contribution in [0.5, 0.6) is 0 Å². The minimum Gasteiger partial charge on any atom is -0.377 e. The summed E-state index contributed by atoms with van der Waals surface area (Å²) in [4.78, 5) is 0. The van der Waals surface area contributed by atoms with Gasteiger partial charge in [-0.25, -0.2) is 4.68 Å². The molecule has 0 aromatic carbocycles. The van der Waals surface area contributed by atoms with Crippen LogP contribution in [0.4, 0.5) is 8.78 Å². The lowest BCUT2D eigenvalue weighted by molar-refractivity contribution is 0.0527. The van der Waals surface area contributed by atoms with Crippen LogP contribution in [0.1, 0.15) is 25.1 Å². The van der Waals surface area contributed by atoms with Crippen LogP contribution >= 0.6 is 0 Å². The molecule has 1 aromatic rings. The number of hydrogen-bond acceptors (Lipinski definition) is 3. The zero-order chi connectivity index (χ0) is 11.4. The molecule has 2 rings (SSSR count). The van der Waals surface area contributed by atoms with Crippen molar-refractivity contribution in [2.75, 3.05) is 13.2 Å². The van der Waals surface area contributed by atoms with Crippen molar-refractivity contribution in [1.29, 1.82) is 0 Å². The first-order chi connectivity index (χ1) is 7.77. The molecule has 0 radical (unpaired) electrons. The maximum atomic E-state index is 12.4. The quantitative estimate of drug-likeness (QED) is 0.835. The van der Waals surface area contributed by atoms with Crippen molar-refractivity contribution >= 4 is 0 Å². The molecule has 0 aliphatic carbocycles. The van der Waals surface area contributed by atoms with Crippen LogP contribution < -0.4 is 5.32 Å². The van der Waals surface area contributed by atoms with Crippen LogP contribution in [-0.4, -0.2) is 29.0 Å². The molecule has 2 heterocycles. The molecule has 0 saturated carbocycles. The van der Waals surface area contributed by atoms with E-state index >= 15 is 0 Å². The lowest BCUT2D eigenvalue weighted by Gasteiger charge is -2.11. The first-order valence-corrected chi connectivity index (χ1v) is 5.40. The van der Waals surface area contributed by atoms with Gasteiger partial charge in [0.15, 0.2) is 0 Å². The molecule has 0 amide bonds. The summed E-state index contributed by atoms with van der Waals surface area (Å²) in [7, 11) is 0. The number of rotatable bonds is 5. The second-order valence-electron chi connectivity index (χ2n) is 3.81. The van der Waals surface area contributed by atoms with Crippen LogP contribution in [0.2, 0.25) is 0 Å². The molecule has 0 unspecified atom stereocenters. The Balaban J connectivity index is 1.78. The molecule has 1 atom stereocenters. The topological polar surface area (TPSA) is 39.1 Å². The largest absolute Gasteiger partial charge is 0.377 e. The highest BCUT2D eigenvalue weighted by molar-refractivity contribution is 5.00. The fourth-order valence-corrected chi connectivity index (χ4v) is 1.82. The number of alkyl halides is 2. The van der Waals surface area contributed by atoms with E-state index in [9.17, 15) is 8.78 Å². The summed E-state index contributed by atoms with van der Waals surface area (Å²) in [6.07, 6.45) is 3.74. The van der Waals surface area contributed by atoms with E-state index in [1.807, 2.05) is 0 Å². The van der Waals surface area contributed by atoms with Gasteiger partial charge < -0.3 is 10.1 Å². The molecule has 90 valence electrons. The molecule has 0 spiro atoms. The molecule has 6 heteroatoms. The summed E-state index contributed by atoms with van der Waals surface area (Å²) in [6, 6.07) is 1.59. The molecule has 4 nitrogen and oxygen atoms in total. The van der Waals surface area contributed by atoms with Gasteiger partial charge in [-0.2, -0.15) is 13.9 Å². The van der Waals surface area contributed by atoms with Crippen LogP contribution in [-0.2, 0) is 11.3 Å². The molecule has 1 saturated heterocycles. The predicted molar refractivity (Wildman–Crippen MR) is 54.2 cm³/mol. The Morgan fingerprint density at radius 1 is 1.62 bits per heavy atom. The van der Waals surface area contributed by atoms with Crippen LogP contribution in [0.25, 0.3) is 0 Å². The number of aromatic nitrogens is 2. The molecule has 1 aromatic heterocycles. The van der Waals surface area contributed by atoms with Crippen molar-refractivity contribution in [3.05, 3.63) is 18.0 Å². The van der Waals surface area contributed by atoms with Crippen molar-refractivity contribution in [3.8, 4) is 0 Å². The zero-order valence-corrected chi connectivity index (χ0v) is 8.90. The minimum absolute atomic E-state index is 0.225. The molecule has 1 aliphatic heterocycles. The average molecular weight is 231 g/mol. The Morgan fingerprint density at radius 3 is 3.19 bits per heavy atom. The molecule has 16 heavy (non-hydrogen) atoms. The highest BCUT2D eigenvalue weighted by Crippen LogP contribution is 2.13. The van der Waals surface area contributed by atoms with E-state index in [4.69, 9.17) is 4.74 Å². The lowest BCUT2D eigenvalue weighted by Crippen LogP contribution is -2.26. The maximum Gasteiger partial charge on any atom is 0.333 e. The molecule has 1 aliphatic rings. The van der Waals surface area contributed by atoms with Gasteiger partial charge in [0.1, 0.15) is 0 Å². The van der Waals surface area contributed by atoms with E-state index < -0.39 is 6.55 Å². The van der Waals surface area contributed by atoms with Crippen LogP contribution in [0.3, 0.4) is 0 Å². The fraction of sp³-hybridized carbons (Fsp3) is 0.700. The van der Waals surface area contributed by atoms with Gasteiger partial charge in [0.05, 0.1) is 11.8 Å². The lowest BCUT2D eigenvalue weighted by atomic mass is 10.2. The predicted octanol–water partition coefficient (Wildman–Crippen LogP) is 1.55. The van der Waals surface area contributed by atoms with Crippen molar-refractivity contribution in [1.82, 2.24) is 15.1 Å². The number of hydrogen-bond donors (Lipinski definition) is 1. The van der Waals surface area contributed by atoms with E-state index in [1.54, 1.807) is 6.07 Å². The average Bonchev–Trinajstić information content (AvgIpc) is 2.87. The van der Waals surface area contributed by atoms with Gasteiger partial charge >= 0.3 is 6.55 Å². The van der Waals surface area contributed by atoms with Gasteiger partial charge in [0, 0.05) is 25.9 Å². The van der Waals surface area contributed by atoms with Gasteiger partial charge in [-0.3, -0.25) is 0 Å². The highest BCUT2D eigenvalue weighted by Gasteiger charge is 2.15. The molecule has 1 fully saturated rings. The number of nitrogens with one attached hydrogen (secondary N) is 1. The Morgan fingerprint density at radius 2 is 2.50 bits per heavy atom. The van der Waals surface area contributed by atoms with E-state index in [-0.39, 0.29) is 6.10 Å².